The summed E-state index contributed by atoms with van der Waals surface area (Å²) in [6.45, 7) is 0. The van der Waals surface area contributed by atoms with Crippen molar-refractivity contribution >= 4 is 39.4 Å². The van der Waals surface area contributed by atoms with Crippen LogP contribution in [0, 0.1) is 0 Å². The van der Waals surface area contributed by atoms with Gasteiger partial charge in [0.15, 0.2) is 11.5 Å². The van der Waals surface area contributed by atoms with Gasteiger partial charge in [-0.3, -0.25) is 5.43 Å². The van der Waals surface area contributed by atoms with Crippen molar-refractivity contribution in [1.82, 2.24) is 0 Å². The molecule has 0 atom stereocenters. The number of rotatable bonds is 5. The number of hydrazone groups is 1. The number of hydrogen-bond donors (Lipinski definition) is 1. The van der Waals surface area contributed by atoms with Gasteiger partial charge in [0.2, 0.25) is 0 Å². The Balaban J connectivity index is 2.15. The minimum absolute atomic E-state index is 0.647. The Morgan fingerprint density at radius 3 is 2.33 bits per heavy atom. The quantitative estimate of drug-likeness (QED) is 0.620. The van der Waals surface area contributed by atoms with E-state index in [1.807, 2.05) is 24.3 Å². The Morgan fingerprint density at radius 2 is 1.71 bits per heavy atom. The Kier molecular flexibility index (Phi) is 5.47. The molecule has 0 amide bonds. The summed E-state index contributed by atoms with van der Waals surface area (Å²) in [5, 5.41) is 4.88. The molecule has 0 aromatic heterocycles. The standard InChI is InChI=1S/C15H14BrClN2O2/c1-20-14-7-10(13(16)8-15(14)21-2)9-18-19-12-5-3-11(17)4-6-12/h3-9,19H,1-2H3. The third-order valence-electron chi connectivity index (χ3n) is 2.74. The van der Waals surface area contributed by atoms with Gasteiger partial charge in [-0.2, -0.15) is 5.10 Å². The summed E-state index contributed by atoms with van der Waals surface area (Å²) < 4.78 is 11.4. The molecule has 110 valence electrons. The predicted molar refractivity (Wildman–Crippen MR) is 89.9 cm³/mol. The molecule has 0 fully saturated rings. The molecular formula is C15H14BrClN2O2. The summed E-state index contributed by atoms with van der Waals surface area (Å²) in [5.74, 6) is 1.31. The van der Waals surface area contributed by atoms with Crippen LogP contribution in [0.25, 0.3) is 0 Å². The molecule has 0 aliphatic rings. The summed E-state index contributed by atoms with van der Waals surface area (Å²) in [6.07, 6.45) is 1.70. The van der Waals surface area contributed by atoms with E-state index in [-0.39, 0.29) is 0 Å². The second kappa shape index (κ2) is 7.33. The van der Waals surface area contributed by atoms with Crippen LogP contribution in [-0.4, -0.2) is 20.4 Å². The van der Waals surface area contributed by atoms with Gasteiger partial charge >= 0.3 is 0 Å². The zero-order chi connectivity index (χ0) is 15.2. The zero-order valence-corrected chi connectivity index (χ0v) is 13.9. The van der Waals surface area contributed by atoms with E-state index in [9.17, 15) is 0 Å². The monoisotopic (exact) mass is 368 g/mol. The number of nitrogens with zero attached hydrogens (tertiary/aromatic N) is 1. The van der Waals surface area contributed by atoms with Crippen LogP contribution in [0.1, 0.15) is 5.56 Å². The van der Waals surface area contributed by atoms with Gasteiger partial charge < -0.3 is 9.47 Å². The molecule has 4 nitrogen and oxygen atoms in total. The Bertz CT molecular complexity index is 645. The molecule has 0 spiro atoms. The fraction of sp³-hybridized carbons (Fsp3) is 0.133. The molecule has 0 saturated heterocycles. The molecule has 1 N–H and O–H groups in total. The molecule has 0 aliphatic heterocycles. The normalized spacial score (nSPS) is 10.7. The molecule has 6 heteroatoms. The van der Waals surface area contributed by atoms with E-state index in [1.54, 1.807) is 32.6 Å². The molecule has 21 heavy (non-hydrogen) atoms. The number of methoxy groups -OCH3 is 2. The lowest BCUT2D eigenvalue weighted by atomic mass is 10.2. The SMILES string of the molecule is COc1cc(Br)c(C=NNc2ccc(Cl)cc2)cc1OC. The van der Waals surface area contributed by atoms with Crippen LogP contribution in [0.2, 0.25) is 5.02 Å². The molecule has 2 aromatic carbocycles. The average Bonchev–Trinajstić information content (AvgIpc) is 2.50. The first-order valence-electron chi connectivity index (χ1n) is 6.10. The van der Waals surface area contributed by atoms with Crippen LogP contribution in [0.15, 0.2) is 46.0 Å². The van der Waals surface area contributed by atoms with Crippen molar-refractivity contribution in [3.63, 3.8) is 0 Å². The summed E-state index contributed by atoms with van der Waals surface area (Å²) in [4.78, 5) is 0. The molecule has 0 bridgehead atoms. The first kappa shape index (κ1) is 15.7. The van der Waals surface area contributed by atoms with Crippen LogP contribution in [0.5, 0.6) is 11.5 Å². The Labute approximate surface area is 136 Å². The van der Waals surface area contributed by atoms with Gasteiger partial charge in [-0.15, -0.1) is 0 Å². The van der Waals surface area contributed by atoms with E-state index in [1.165, 1.54) is 0 Å². The van der Waals surface area contributed by atoms with Crippen molar-refractivity contribution in [2.24, 2.45) is 5.10 Å². The van der Waals surface area contributed by atoms with Crippen molar-refractivity contribution in [3.8, 4) is 11.5 Å². The van der Waals surface area contributed by atoms with Gasteiger partial charge in [-0.1, -0.05) is 11.6 Å². The van der Waals surface area contributed by atoms with E-state index in [2.05, 4.69) is 26.5 Å². The van der Waals surface area contributed by atoms with Gasteiger partial charge in [0.25, 0.3) is 0 Å². The van der Waals surface area contributed by atoms with Crippen molar-refractivity contribution in [2.45, 2.75) is 0 Å². The molecule has 0 aliphatic carbocycles. The van der Waals surface area contributed by atoms with E-state index in [0.717, 1.165) is 15.7 Å². The lowest BCUT2D eigenvalue weighted by Crippen LogP contribution is -1.95. The molecule has 0 radical (unpaired) electrons. The van der Waals surface area contributed by atoms with E-state index in [0.29, 0.717) is 16.5 Å². The summed E-state index contributed by atoms with van der Waals surface area (Å²) in [5.41, 5.74) is 4.66. The topological polar surface area (TPSA) is 42.8 Å². The number of halogens is 2. The van der Waals surface area contributed by atoms with E-state index >= 15 is 0 Å². The van der Waals surface area contributed by atoms with Crippen molar-refractivity contribution in [2.75, 3.05) is 19.6 Å². The third-order valence-corrected chi connectivity index (χ3v) is 3.68. The Hall–Kier alpha value is -1.72. The maximum atomic E-state index is 5.83. The first-order chi connectivity index (χ1) is 10.1. The van der Waals surface area contributed by atoms with Crippen LogP contribution in [0.3, 0.4) is 0 Å². The largest absolute Gasteiger partial charge is 0.493 e. The second-order valence-corrected chi connectivity index (χ2v) is 5.40. The predicted octanol–water partition coefficient (Wildman–Crippen LogP) is 4.57. The van der Waals surface area contributed by atoms with Crippen LogP contribution >= 0.6 is 27.5 Å². The van der Waals surface area contributed by atoms with Gasteiger partial charge in [0.05, 0.1) is 26.1 Å². The summed E-state index contributed by atoms with van der Waals surface area (Å²) >= 11 is 9.30. The van der Waals surface area contributed by atoms with Crippen molar-refractivity contribution in [1.29, 1.82) is 0 Å². The molecule has 2 aromatic rings. The molecule has 2 rings (SSSR count). The van der Waals surface area contributed by atoms with Crippen LogP contribution < -0.4 is 14.9 Å². The minimum atomic E-state index is 0.647. The lowest BCUT2D eigenvalue weighted by Gasteiger charge is -2.09. The molecular weight excluding hydrogens is 356 g/mol. The number of ether oxygens (including phenoxy) is 2. The van der Waals surface area contributed by atoms with Crippen molar-refractivity contribution < 1.29 is 9.47 Å². The maximum Gasteiger partial charge on any atom is 0.161 e. The van der Waals surface area contributed by atoms with Crippen LogP contribution in [0.4, 0.5) is 5.69 Å². The van der Waals surface area contributed by atoms with Gasteiger partial charge in [-0.05, 0) is 52.3 Å². The van der Waals surface area contributed by atoms with E-state index < -0.39 is 0 Å². The maximum absolute atomic E-state index is 5.83. The second-order valence-electron chi connectivity index (χ2n) is 4.11. The third kappa shape index (κ3) is 4.12. The first-order valence-corrected chi connectivity index (χ1v) is 7.27. The molecule has 0 saturated carbocycles. The highest BCUT2D eigenvalue weighted by molar-refractivity contribution is 9.10. The Morgan fingerprint density at radius 1 is 1.10 bits per heavy atom. The highest BCUT2D eigenvalue weighted by atomic mass is 79.9. The number of nitrogens with one attached hydrogen (secondary N) is 1. The number of benzene rings is 2. The van der Waals surface area contributed by atoms with Gasteiger partial charge in [-0.25, -0.2) is 0 Å². The molecule has 0 unspecified atom stereocenters. The van der Waals surface area contributed by atoms with Gasteiger partial charge in [0.1, 0.15) is 0 Å². The summed E-state index contributed by atoms with van der Waals surface area (Å²) in [7, 11) is 3.19. The fourth-order valence-corrected chi connectivity index (χ4v) is 2.22. The lowest BCUT2D eigenvalue weighted by molar-refractivity contribution is 0.354. The van der Waals surface area contributed by atoms with Gasteiger partial charge in [0, 0.05) is 15.1 Å². The van der Waals surface area contributed by atoms with E-state index in [4.69, 9.17) is 21.1 Å². The minimum Gasteiger partial charge on any atom is -0.493 e. The zero-order valence-electron chi connectivity index (χ0n) is 11.6. The average molecular weight is 370 g/mol. The highest BCUT2D eigenvalue weighted by Crippen LogP contribution is 2.32. The van der Waals surface area contributed by atoms with Crippen LogP contribution in [-0.2, 0) is 0 Å². The molecule has 0 heterocycles. The fourth-order valence-electron chi connectivity index (χ4n) is 1.67. The van der Waals surface area contributed by atoms with Crippen molar-refractivity contribution in [3.05, 3.63) is 51.5 Å². The smallest absolute Gasteiger partial charge is 0.161 e. The number of anilines is 1. The highest BCUT2D eigenvalue weighted by Gasteiger charge is 2.07. The number of hydrogen-bond acceptors (Lipinski definition) is 4. The summed E-state index contributed by atoms with van der Waals surface area (Å²) in [6, 6.07) is 11.0.